The molecule has 0 heterocycles. The summed E-state index contributed by atoms with van der Waals surface area (Å²) in [5, 5.41) is 8.98. The molecule has 2 aromatic rings. The van der Waals surface area contributed by atoms with Crippen LogP contribution in [0.25, 0.3) is 0 Å². The van der Waals surface area contributed by atoms with Crippen molar-refractivity contribution in [1.82, 2.24) is 4.72 Å². The molecular weight excluding hydrogens is 304 g/mol. The first kappa shape index (κ1) is 15.6. The minimum absolute atomic E-state index is 0.00762. The average molecular weight is 318 g/mol. The van der Waals surface area contributed by atoms with Gasteiger partial charge in [0.2, 0.25) is 10.0 Å². The predicted molar refractivity (Wildman–Crippen MR) is 83.4 cm³/mol. The predicted octanol–water partition coefficient (Wildman–Crippen LogP) is 2.76. The van der Waals surface area contributed by atoms with Gasteiger partial charge in [0.15, 0.2) is 0 Å². The molecule has 0 spiro atoms. The Morgan fingerprint density at radius 3 is 2.43 bits per heavy atom. The lowest BCUT2D eigenvalue weighted by Gasteiger charge is -2.08. The standard InChI is InChI=1S/C15H14N2O2S2/c1-20-14-8-6-12(7-9-14)11-17-21(18,19)15-5-3-2-4-13(15)10-16/h2-9,17H,11H2,1H3. The van der Waals surface area contributed by atoms with E-state index in [1.54, 1.807) is 23.9 Å². The summed E-state index contributed by atoms with van der Waals surface area (Å²) in [7, 11) is -3.69. The van der Waals surface area contributed by atoms with E-state index in [0.29, 0.717) is 0 Å². The van der Waals surface area contributed by atoms with Crippen molar-refractivity contribution in [3.8, 4) is 6.07 Å². The van der Waals surface area contributed by atoms with Gasteiger partial charge in [-0.25, -0.2) is 13.1 Å². The second kappa shape index (κ2) is 6.76. The van der Waals surface area contributed by atoms with Gasteiger partial charge < -0.3 is 0 Å². The Kier molecular flexibility index (Phi) is 5.02. The summed E-state index contributed by atoms with van der Waals surface area (Å²) in [5.41, 5.74) is 1.01. The fraction of sp³-hybridized carbons (Fsp3) is 0.133. The van der Waals surface area contributed by atoms with Gasteiger partial charge in [-0.2, -0.15) is 5.26 Å². The molecule has 0 unspecified atom stereocenters. The second-order valence-electron chi connectivity index (χ2n) is 4.28. The van der Waals surface area contributed by atoms with Gasteiger partial charge in [-0.05, 0) is 36.1 Å². The van der Waals surface area contributed by atoms with E-state index >= 15 is 0 Å². The summed E-state index contributed by atoms with van der Waals surface area (Å²) in [6, 6.07) is 15.7. The number of nitrogens with one attached hydrogen (secondary N) is 1. The first-order valence-electron chi connectivity index (χ1n) is 6.18. The van der Waals surface area contributed by atoms with Gasteiger partial charge in [0.25, 0.3) is 0 Å². The fourth-order valence-electron chi connectivity index (χ4n) is 1.79. The van der Waals surface area contributed by atoms with Crippen molar-refractivity contribution in [2.75, 3.05) is 6.26 Å². The Morgan fingerprint density at radius 1 is 1.14 bits per heavy atom. The monoisotopic (exact) mass is 318 g/mol. The second-order valence-corrected chi connectivity index (χ2v) is 6.90. The lowest BCUT2D eigenvalue weighted by molar-refractivity contribution is 0.581. The molecule has 0 atom stereocenters. The first-order valence-corrected chi connectivity index (χ1v) is 8.89. The first-order chi connectivity index (χ1) is 10.1. The molecule has 108 valence electrons. The highest BCUT2D eigenvalue weighted by atomic mass is 32.2. The Morgan fingerprint density at radius 2 is 1.81 bits per heavy atom. The number of nitriles is 1. The number of hydrogen-bond donors (Lipinski definition) is 1. The van der Waals surface area contributed by atoms with E-state index in [1.807, 2.05) is 36.6 Å². The van der Waals surface area contributed by atoms with Crippen LogP contribution in [0, 0.1) is 11.3 Å². The Balaban J connectivity index is 2.16. The molecule has 0 saturated heterocycles. The number of benzene rings is 2. The van der Waals surface area contributed by atoms with Crippen LogP contribution in [0.5, 0.6) is 0 Å². The lowest BCUT2D eigenvalue weighted by atomic mass is 10.2. The van der Waals surface area contributed by atoms with Crippen molar-refractivity contribution < 1.29 is 8.42 Å². The van der Waals surface area contributed by atoms with Gasteiger partial charge in [0, 0.05) is 11.4 Å². The molecular formula is C15H14N2O2S2. The van der Waals surface area contributed by atoms with E-state index in [4.69, 9.17) is 5.26 Å². The van der Waals surface area contributed by atoms with E-state index < -0.39 is 10.0 Å². The zero-order valence-electron chi connectivity index (χ0n) is 11.4. The van der Waals surface area contributed by atoms with Crippen LogP contribution in [0.3, 0.4) is 0 Å². The zero-order valence-corrected chi connectivity index (χ0v) is 13.0. The summed E-state index contributed by atoms with van der Waals surface area (Å²) in [4.78, 5) is 1.13. The third-order valence-electron chi connectivity index (χ3n) is 2.92. The molecule has 0 radical (unpaired) electrons. The molecule has 0 bridgehead atoms. The van der Waals surface area contributed by atoms with Crippen LogP contribution in [0.2, 0.25) is 0 Å². The van der Waals surface area contributed by atoms with Crippen LogP contribution in [-0.2, 0) is 16.6 Å². The van der Waals surface area contributed by atoms with Crippen molar-refractivity contribution >= 4 is 21.8 Å². The molecule has 6 heteroatoms. The van der Waals surface area contributed by atoms with Gasteiger partial charge in [0.1, 0.15) is 6.07 Å². The maximum absolute atomic E-state index is 12.2. The minimum Gasteiger partial charge on any atom is -0.207 e. The van der Waals surface area contributed by atoms with Gasteiger partial charge in [-0.15, -0.1) is 11.8 Å². The van der Waals surface area contributed by atoms with E-state index in [-0.39, 0.29) is 17.0 Å². The van der Waals surface area contributed by atoms with Gasteiger partial charge in [-0.3, -0.25) is 0 Å². The molecule has 0 amide bonds. The molecule has 2 aromatic carbocycles. The Bertz CT molecular complexity index is 763. The Labute approximate surface area is 128 Å². The topological polar surface area (TPSA) is 70.0 Å². The number of thioether (sulfide) groups is 1. The third kappa shape index (κ3) is 3.85. The molecule has 0 aromatic heterocycles. The average Bonchev–Trinajstić information content (AvgIpc) is 2.53. The van der Waals surface area contributed by atoms with Crippen LogP contribution in [0.15, 0.2) is 58.3 Å². The van der Waals surface area contributed by atoms with E-state index in [9.17, 15) is 8.42 Å². The molecule has 0 saturated carbocycles. The van der Waals surface area contributed by atoms with Crippen LogP contribution < -0.4 is 4.72 Å². The summed E-state index contributed by atoms with van der Waals surface area (Å²) >= 11 is 1.63. The zero-order chi connectivity index (χ0) is 15.3. The molecule has 0 aliphatic heterocycles. The SMILES string of the molecule is CSc1ccc(CNS(=O)(=O)c2ccccc2C#N)cc1. The van der Waals surface area contributed by atoms with E-state index in [1.165, 1.54) is 12.1 Å². The Hall–Kier alpha value is -1.81. The van der Waals surface area contributed by atoms with Gasteiger partial charge in [-0.1, -0.05) is 24.3 Å². The number of nitrogens with zero attached hydrogens (tertiary/aromatic N) is 1. The smallest absolute Gasteiger partial charge is 0.207 e. The third-order valence-corrected chi connectivity index (χ3v) is 5.13. The van der Waals surface area contributed by atoms with Crippen LogP contribution >= 0.6 is 11.8 Å². The quantitative estimate of drug-likeness (QED) is 0.861. The molecule has 0 aliphatic rings. The maximum Gasteiger partial charge on any atom is 0.242 e. The highest BCUT2D eigenvalue weighted by Gasteiger charge is 2.17. The summed E-state index contributed by atoms with van der Waals surface area (Å²) in [6.07, 6.45) is 1.98. The summed E-state index contributed by atoms with van der Waals surface area (Å²) in [6.45, 7) is 0.191. The van der Waals surface area contributed by atoms with E-state index in [2.05, 4.69) is 4.72 Å². The lowest BCUT2D eigenvalue weighted by Crippen LogP contribution is -2.24. The van der Waals surface area contributed by atoms with Crippen molar-refractivity contribution in [2.24, 2.45) is 0 Å². The summed E-state index contributed by atoms with van der Waals surface area (Å²) in [5.74, 6) is 0. The largest absolute Gasteiger partial charge is 0.242 e. The highest BCUT2D eigenvalue weighted by Crippen LogP contribution is 2.17. The highest BCUT2D eigenvalue weighted by molar-refractivity contribution is 7.98. The molecule has 0 fully saturated rings. The molecule has 1 N–H and O–H groups in total. The molecule has 21 heavy (non-hydrogen) atoms. The number of rotatable bonds is 5. The molecule has 0 aliphatic carbocycles. The molecule has 2 rings (SSSR count). The number of hydrogen-bond acceptors (Lipinski definition) is 4. The van der Waals surface area contributed by atoms with Crippen molar-refractivity contribution in [3.63, 3.8) is 0 Å². The summed E-state index contributed by atoms with van der Waals surface area (Å²) < 4.78 is 27.0. The van der Waals surface area contributed by atoms with Crippen molar-refractivity contribution in [2.45, 2.75) is 16.3 Å². The van der Waals surface area contributed by atoms with Crippen LogP contribution in [-0.4, -0.2) is 14.7 Å². The number of sulfonamides is 1. The molecule has 4 nitrogen and oxygen atoms in total. The normalized spacial score (nSPS) is 11.0. The van der Waals surface area contributed by atoms with Crippen LogP contribution in [0.4, 0.5) is 0 Å². The van der Waals surface area contributed by atoms with E-state index in [0.717, 1.165) is 10.5 Å². The van der Waals surface area contributed by atoms with Gasteiger partial charge in [0.05, 0.1) is 10.5 Å². The maximum atomic E-state index is 12.2. The van der Waals surface area contributed by atoms with Crippen LogP contribution in [0.1, 0.15) is 11.1 Å². The van der Waals surface area contributed by atoms with Crippen molar-refractivity contribution in [3.05, 3.63) is 59.7 Å². The van der Waals surface area contributed by atoms with Crippen molar-refractivity contribution in [1.29, 1.82) is 5.26 Å². The van der Waals surface area contributed by atoms with Gasteiger partial charge >= 0.3 is 0 Å². The minimum atomic E-state index is -3.69. The fourth-order valence-corrected chi connectivity index (χ4v) is 3.37.